The van der Waals surface area contributed by atoms with Gasteiger partial charge in [0.1, 0.15) is 12.8 Å². The van der Waals surface area contributed by atoms with Crippen molar-refractivity contribution in [1.82, 2.24) is 5.32 Å². The summed E-state index contributed by atoms with van der Waals surface area (Å²) < 4.78 is 9.25. The number of carbonyl (C=O) groups is 4. The van der Waals surface area contributed by atoms with Crippen molar-refractivity contribution in [1.29, 1.82) is 0 Å². The van der Waals surface area contributed by atoms with E-state index < -0.39 is 43.1 Å². The van der Waals surface area contributed by atoms with E-state index in [-0.39, 0.29) is 0 Å². The van der Waals surface area contributed by atoms with Crippen molar-refractivity contribution < 1.29 is 38.9 Å². The molecule has 0 atom stereocenters. The van der Waals surface area contributed by atoms with Gasteiger partial charge < -0.3 is 19.7 Å². The molecule has 120 valence electrons. The average Bonchev–Trinajstić information content (AvgIpc) is 2.32. The van der Waals surface area contributed by atoms with Crippen LogP contribution in [0.15, 0.2) is 0 Å². The number of nitrogens with one attached hydrogen (secondary N) is 1. The standard InChI is InChI=1S/C12H19NO8/c1-2-3-4-5-13-12(20-10(18)6-8(14)15)21-11(19)7-9(16)17/h12-13H,2-7H2,1H3,(H,14,15)(H,16,17). The van der Waals surface area contributed by atoms with Gasteiger partial charge in [-0.3, -0.25) is 19.2 Å². The van der Waals surface area contributed by atoms with E-state index in [2.05, 4.69) is 14.8 Å². The minimum atomic E-state index is -1.50. The fourth-order valence-electron chi connectivity index (χ4n) is 1.27. The highest BCUT2D eigenvalue weighted by molar-refractivity contribution is 5.91. The SMILES string of the molecule is CCCCCNC(OC(=O)CC(=O)O)OC(=O)CC(=O)O. The highest BCUT2D eigenvalue weighted by Gasteiger charge is 2.21. The predicted molar refractivity (Wildman–Crippen MR) is 68.0 cm³/mol. The van der Waals surface area contributed by atoms with Crippen molar-refractivity contribution >= 4 is 23.9 Å². The average molecular weight is 305 g/mol. The van der Waals surface area contributed by atoms with E-state index in [0.717, 1.165) is 19.3 Å². The first-order valence-corrected chi connectivity index (χ1v) is 6.41. The molecule has 0 aromatic carbocycles. The molecule has 0 aliphatic rings. The van der Waals surface area contributed by atoms with Gasteiger partial charge in [0.15, 0.2) is 0 Å². The van der Waals surface area contributed by atoms with Crippen molar-refractivity contribution in [2.75, 3.05) is 6.54 Å². The zero-order valence-electron chi connectivity index (χ0n) is 11.7. The van der Waals surface area contributed by atoms with Gasteiger partial charge in [-0.05, 0) is 6.42 Å². The van der Waals surface area contributed by atoms with Crippen molar-refractivity contribution in [3.8, 4) is 0 Å². The molecule has 0 saturated carbocycles. The Labute approximate surface area is 121 Å². The maximum Gasteiger partial charge on any atom is 0.321 e. The molecule has 0 aliphatic heterocycles. The Hall–Kier alpha value is -2.16. The topological polar surface area (TPSA) is 139 Å². The van der Waals surface area contributed by atoms with E-state index >= 15 is 0 Å². The first kappa shape index (κ1) is 18.8. The molecule has 0 aromatic heterocycles. The lowest BCUT2D eigenvalue weighted by Crippen LogP contribution is -2.39. The highest BCUT2D eigenvalue weighted by atomic mass is 16.7. The molecule has 9 nitrogen and oxygen atoms in total. The molecule has 0 bridgehead atoms. The summed E-state index contributed by atoms with van der Waals surface area (Å²) in [6, 6.07) is 0. The van der Waals surface area contributed by atoms with Crippen LogP contribution < -0.4 is 5.32 Å². The Morgan fingerprint density at radius 1 is 0.952 bits per heavy atom. The van der Waals surface area contributed by atoms with Crippen LogP contribution in [0.25, 0.3) is 0 Å². The second-order valence-electron chi connectivity index (χ2n) is 4.11. The molecule has 0 spiro atoms. The second kappa shape index (κ2) is 10.6. The molecular weight excluding hydrogens is 286 g/mol. The lowest BCUT2D eigenvalue weighted by Gasteiger charge is -2.18. The van der Waals surface area contributed by atoms with Crippen LogP contribution in [0.1, 0.15) is 39.0 Å². The van der Waals surface area contributed by atoms with E-state index in [1.165, 1.54) is 0 Å². The molecule has 0 heterocycles. The number of hydrogen-bond acceptors (Lipinski definition) is 7. The molecule has 0 saturated heterocycles. The quantitative estimate of drug-likeness (QED) is 0.209. The summed E-state index contributed by atoms with van der Waals surface area (Å²) in [5.41, 5.74) is 0. The summed E-state index contributed by atoms with van der Waals surface area (Å²) in [5, 5.41) is 19.5. The number of unbranched alkanes of at least 4 members (excludes halogenated alkanes) is 2. The first-order valence-electron chi connectivity index (χ1n) is 6.41. The van der Waals surface area contributed by atoms with Crippen LogP contribution in [-0.2, 0) is 28.7 Å². The minimum Gasteiger partial charge on any atom is -0.481 e. The molecule has 3 N–H and O–H groups in total. The molecule has 0 aliphatic carbocycles. The van der Waals surface area contributed by atoms with Gasteiger partial charge in [-0.15, -0.1) is 0 Å². The van der Waals surface area contributed by atoms with Gasteiger partial charge >= 0.3 is 30.3 Å². The minimum absolute atomic E-state index is 0.360. The monoisotopic (exact) mass is 305 g/mol. The molecule has 0 radical (unpaired) electrons. The number of ether oxygens (including phenoxy) is 2. The number of rotatable bonds is 11. The van der Waals surface area contributed by atoms with Gasteiger partial charge in [-0.1, -0.05) is 19.8 Å². The lowest BCUT2D eigenvalue weighted by atomic mass is 10.2. The van der Waals surface area contributed by atoms with Crippen LogP contribution in [0.4, 0.5) is 0 Å². The number of carboxylic acids is 2. The fourth-order valence-corrected chi connectivity index (χ4v) is 1.27. The Balaban J connectivity index is 4.38. The third-order valence-electron chi connectivity index (χ3n) is 2.16. The normalized spacial score (nSPS) is 10.2. The zero-order valence-corrected chi connectivity index (χ0v) is 11.7. The molecule has 0 rings (SSSR count). The summed E-state index contributed by atoms with van der Waals surface area (Å²) in [7, 11) is 0. The molecule has 0 fully saturated rings. The maximum absolute atomic E-state index is 11.2. The van der Waals surface area contributed by atoms with E-state index in [4.69, 9.17) is 10.2 Å². The Morgan fingerprint density at radius 3 is 1.81 bits per heavy atom. The predicted octanol–water partition coefficient (Wildman–Crippen LogP) is 0.0856. The summed E-state index contributed by atoms with van der Waals surface area (Å²) in [5.74, 6) is -4.97. The Bertz CT molecular complexity index is 351. The summed E-state index contributed by atoms with van der Waals surface area (Å²) in [6.45, 7) is 2.34. The van der Waals surface area contributed by atoms with Crippen molar-refractivity contribution in [3.05, 3.63) is 0 Å². The van der Waals surface area contributed by atoms with Crippen LogP contribution in [0, 0.1) is 0 Å². The maximum atomic E-state index is 11.2. The third-order valence-corrected chi connectivity index (χ3v) is 2.16. The van der Waals surface area contributed by atoms with E-state index in [1.807, 2.05) is 6.92 Å². The number of hydrogen-bond donors (Lipinski definition) is 3. The highest BCUT2D eigenvalue weighted by Crippen LogP contribution is 2.00. The van der Waals surface area contributed by atoms with Crippen LogP contribution in [0.5, 0.6) is 0 Å². The largest absolute Gasteiger partial charge is 0.481 e. The van der Waals surface area contributed by atoms with Crippen LogP contribution in [0.3, 0.4) is 0 Å². The van der Waals surface area contributed by atoms with E-state index in [0.29, 0.717) is 6.54 Å². The van der Waals surface area contributed by atoms with E-state index in [9.17, 15) is 19.2 Å². The van der Waals surface area contributed by atoms with Gasteiger partial charge in [0.2, 0.25) is 0 Å². The smallest absolute Gasteiger partial charge is 0.321 e. The summed E-state index contributed by atoms with van der Waals surface area (Å²) >= 11 is 0. The van der Waals surface area contributed by atoms with Crippen LogP contribution in [0.2, 0.25) is 0 Å². The number of aliphatic carboxylic acids is 2. The lowest BCUT2D eigenvalue weighted by molar-refractivity contribution is -0.194. The summed E-state index contributed by atoms with van der Waals surface area (Å²) in [4.78, 5) is 43.1. The molecular formula is C12H19NO8. The van der Waals surface area contributed by atoms with Crippen molar-refractivity contribution in [2.45, 2.75) is 45.4 Å². The number of carboxylic acid groups (broad SMARTS) is 2. The molecule has 0 unspecified atom stereocenters. The Kier molecular flexibility index (Phi) is 9.52. The Morgan fingerprint density at radius 2 is 1.43 bits per heavy atom. The van der Waals surface area contributed by atoms with Gasteiger partial charge in [-0.25, -0.2) is 5.32 Å². The summed E-state index contributed by atoms with van der Waals surface area (Å²) in [6.07, 6.45) is -0.705. The van der Waals surface area contributed by atoms with Gasteiger partial charge in [0.25, 0.3) is 0 Å². The first-order chi connectivity index (χ1) is 9.85. The van der Waals surface area contributed by atoms with E-state index in [1.54, 1.807) is 0 Å². The molecule has 21 heavy (non-hydrogen) atoms. The number of carbonyl (C=O) groups excluding carboxylic acids is 2. The fraction of sp³-hybridized carbons (Fsp3) is 0.667. The van der Waals surface area contributed by atoms with Gasteiger partial charge in [0, 0.05) is 6.54 Å². The third kappa shape index (κ3) is 11.4. The van der Waals surface area contributed by atoms with Crippen LogP contribution in [-0.4, -0.2) is 47.0 Å². The van der Waals surface area contributed by atoms with Gasteiger partial charge in [0.05, 0.1) is 0 Å². The second-order valence-corrected chi connectivity index (χ2v) is 4.11. The van der Waals surface area contributed by atoms with Crippen LogP contribution >= 0.6 is 0 Å². The van der Waals surface area contributed by atoms with Gasteiger partial charge in [-0.2, -0.15) is 0 Å². The van der Waals surface area contributed by atoms with Crippen molar-refractivity contribution in [3.63, 3.8) is 0 Å². The number of esters is 2. The molecule has 9 heteroatoms. The molecule has 0 aromatic rings. The van der Waals surface area contributed by atoms with Crippen molar-refractivity contribution in [2.24, 2.45) is 0 Å². The molecule has 0 amide bonds. The zero-order chi connectivity index (χ0) is 16.3.